The van der Waals surface area contributed by atoms with Crippen molar-refractivity contribution in [2.75, 3.05) is 10.6 Å². The molecule has 10 heteroatoms. The van der Waals surface area contributed by atoms with E-state index in [0.29, 0.717) is 10.7 Å². The van der Waals surface area contributed by atoms with Gasteiger partial charge in [-0.1, -0.05) is 55.1 Å². The van der Waals surface area contributed by atoms with E-state index in [1.54, 1.807) is 71.9 Å². The summed E-state index contributed by atoms with van der Waals surface area (Å²) < 4.78 is 12.2. The first-order chi connectivity index (χ1) is 14.5. The van der Waals surface area contributed by atoms with E-state index in [-0.39, 0.29) is 10.7 Å². The Kier molecular flexibility index (Phi) is 10.3. The molecule has 2 aromatic rings. The van der Waals surface area contributed by atoms with Crippen LogP contribution in [-0.4, -0.2) is 23.4 Å². The van der Waals surface area contributed by atoms with Gasteiger partial charge >= 0.3 is 12.2 Å². The van der Waals surface area contributed by atoms with Crippen LogP contribution >= 0.6 is 55.1 Å². The number of rotatable bonds is 1. The monoisotopic (exact) mass is 610 g/mol. The molecule has 0 heterocycles. The molecule has 0 spiro atoms. The topological polar surface area (TPSA) is 81.9 Å². The van der Waals surface area contributed by atoms with Crippen LogP contribution in [0.15, 0.2) is 45.3 Å². The van der Waals surface area contributed by atoms with Gasteiger partial charge in [-0.15, -0.1) is 0 Å². The van der Waals surface area contributed by atoms with Crippen LogP contribution in [0.2, 0.25) is 10.0 Å². The van der Waals surface area contributed by atoms with E-state index in [2.05, 4.69) is 31.9 Å². The Bertz CT molecular complexity index is 945. The first-order valence-electron chi connectivity index (χ1n) is 9.42. The van der Waals surface area contributed by atoms with Gasteiger partial charge in [-0.05, 0) is 77.9 Å². The summed E-state index contributed by atoms with van der Waals surface area (Å²) in [6.45, 7) is 10.3. The van der Waals surface area contributed by atoms with Gasteiger partial charge in [-0.25, -0.2) is 9.59 Å². The molecule has 0 unspecified atom stereocenters. The molecule has 32 heavy (non-hydrogen) atoms. The molecule has 0 aromatic heterocycles. The zero-order chi connectivity index (χ0) is 24.9. The Morgan fingerprint density at radius 1 is 0.812 bits per heavy atom. The zero-order valence-electron chi connectivity index (χ0n) is 18.6. The van der Waals surface area contributed by atoms with Crippen molar-refractivity contribution >= 4 is 78.6 Å². The fraction of sp³-hybridized carbons (Fsp3) is 0.364. The van der Waals surface area contributed by atoms with Gasteiger partial charge in [0, 0.05) is 8.95 Å². The maximum atomic E-state index is 12.5. The third-order valence-electron chi connectivity index (χ3n) is 3.27. The summed E-state index contributed by atoms with van der Waals surface area (Å²) in [5.41, 5.74) is 4.71. The van der Waals surface area contributed by atoms with Crippen LogP contribution in [0.4, 0.5) is 21.0 Å². The Balaban J connectivity index is 0.000000471. The molecule has 0 atom stereocenters. The van der Waals surface area contributed by atoms with Gasteiger partial charge in [0.05, 0.1) is 21.4 Å². The van der Waals surface area contributed by atoms with Crippen molar-refractivity contribution in [3.8, 4) is 0 Å². The number of anilines is 2. The van der Waals surface area contributed by atoms with E-state index in [1.807, 2.05) is 6.07 Å². The number of hydrogen-bond acceptors (Lipinski definition) is 5. The molecule has 0 aliphatic heterocycles. The average Bonchev–Trinajstić information content (AvgIpc) is 2.58. The lowest BCUT2D eigenvalue weighted by molar-refractivity contribution is 0.0430. The fourth-order valence-corrected chi connectivity index (χ4v) is 3.48. The van der Waals surface area contributed by atoms with Crippen LogP contribution in [0.5, 0.6) is 0 Å². The second kappa shape index (κ2) is 11.6. The Hall–Kier alpha value is -1.48. The van der Waals surface area contributed by atoms with Gasteiger partial charge in [0.25, 0.3) is 0 Å². The Labute approximate surface area is 215 Å². The minimum Gasteiger partial charge on any atom is -0.443 e. The average molecular weight is 613 g/mol. The molecule has 2 rings (SSSR count). The van der Waals surface area contributed by atoms with Crippen LogP contribution < -0.4 is 10.6 Å². The van der Waals surface area contributed by atoms with E-state index in [9.17, 15) is 9.59 Å². The van der Waals surface area contributed by atoms with E-state index in [4.69, 9.17) is 38.4 Å². The van der Waals surface area contributed by atoms with Gasteiger partial charge in [0.1, 0.15) is 11.2 Å². The van der Waals surface area contributed by atoms with Crippen molar-refractivity contribution in [3.05, 3.63) is 55.4 Å². The zero-order valence-corrected chi connectivity index (χ0v) is 23.3. The first kappa shape index (κ1) is 28.6. The second-order valence-corrected chi connectivity index (χ2v) is 11.2. The molecule has 0 aliphatic carbocycles. The maximum Gasteiger partial charge on any atom is 0.424 e. The number of nitrogen functional groups attached to an aromatic ring is 1. The standard InChI is InChI=1S/C16H21BrClNO4.C6H5BrClN/c1-15(2,3)22-13(20)19(14(21)23-16(4,5)6)12-8-7-10(17)9-11(12)18;7-4-1-2-6(9)5(8)3-4/h7-9H,1-6H3;1-3H,9H2. The number of halogens is 4. The van der Waals surface area contributed by atoms with E-state index >= 15 is 0 Å². The van der Waals surface area contributed by atoms with Gasteiger partial charge < -0.3 is 15.2 Å². The summed E-state index contributed by atoms with van der Waals surface area (Å²) in [4.78, 5) is 25.7. The number of carbonyl (C=O) groups excluding carboxylic acids is 2. The molecular formula is C22H26Br2Cl2N2O4. The van der Waals surface area contributed by atoms with Gasteiger partial charge in [-0.3, -0.25) is 0 Å². The third-order valence-corrected chi connectivity index (χ3v) is 4.88. The minimum atomic E-state index is -0.851. The molecule has 2 aromatic carbocycles. The van der Waals surface area contributed by atoms with Crippen LogP contribution in [0.1, 0.15) is 41.5 Å². The highest BCUT2D eigenvalue weighted by molar-refractivity contribution is 9.10. The van der Waals surface area contributed by atoms with E-state index in [0.717, 1.165) is 13.8 Å². The van der Waals surface area contributed by atoms with Gasteiger partial charge in [-0.2, -0.15) is 4.90 Å². The van der Waals surface area contributed by atoms with Crippen molar-refractivity contribution in [2.45, 2.75) is 52.7 Å². The molecule has 176 valence electrons. The minimum absolute atomic E-state index is 0.193. The molecule has 0 saturated carbocycles. The largest absolute Gasteiger partial charge is 0.443 e. The number of hydrogen-bond donors (Lipinski definition) is 1. The summed E-state index contributed by atoms with van der Waals surface area (Å²) in [5.74, 6) is 0. The predicted octanol–water partition coefficient (Wildman–Crippen LogP) is 8.46. The van der Waals surface area contributed by atoms with Gasteiger partial charge in [0.15, 0.2) is 0 Å². The number of imide groups is 1. The number of benzene rings is 2. The van der Waals surface area contributed by atoms with Crippen LogP contribution in [0, 0.1) is 0 Å². The molecular weight excluding hydrogens is 587 g/mol. The molecule has 0 bridgehead atoms. The molecule has 2 N–H and O–H groups in total. The van der Waals surface area contributed by atoms with Crippen molar-refractivity contribution in [1.29, 1.82) is 0 Å². The van der Waals surface area contributed by atoms with Crippen molar-refractivity contribution in [1.82, 2.24) is 0 Å². The van der Waals surface area contributed by atoms with Crippen LogP contribution in [0.3, 0.4) is 0 Å². The van der Waals surface area contributed by atoms with Crippen LogP contribution in [0.25, 0.3) is 0 Å². The number of ether oxygens (including phenoxy) is 2. The first-order valence-corrected chi connectivity index (χ1v) is 11.8. The number of nitrogens with two attached hydrogens (primary N) is 1. The smallest absolute Gasteiger partial charge is 0.424 e. The summed E-state index contributed by atoms with van der Waals surface area (Å²) in [7, 11) is 0. The Morgan fingerprint density at radius 2 is 1.22 bits per heavy atom. The van der Waals surface area contributed by atoms with E-state index < -0.39 is 23.4 Å². The summed E-state index contributed by atoms with van der Waals surface area (Å²) >= 11 is 18.4. The molecule has 0 aliphatic rings. The van der Waals surface area contributed by atoms with Crippen molar-refractivity contribution in [2.24, 2.45) is 0 Å². The SMILES string of the molecule is CC(C)(C)OC(=O)N(C(=O)OC(C)(C)C)c1ccc(Br)cc1Cl.Nc1ccc(Br)cc1Cl. The highest BCUT2D eigenvalue weighted by Gasteiger charge is 2.33. The third kappa shape index (κ3) is 9.98. The molecule has 0 radical (unpaired) electrons. The number of carbonyl (C=O) groups is 2. The number of nitrogens with zero attached hydrogens (tertiary/aromatic N) is 1. The Morgan fingerprint density at radius 3 is 1.56 bits per heavy atom. The quantitative estimate of drug-likeness (QED) is 0.327. The normalized spacial score (nSPS) is 11.2. The van der Waals surface area contributed by atoms with Crippen molar-refractivity contribution < 1.29 is 19.1 Å². The molecule has 0 fully saturated rings. The number of amides is 2. The maximum absolute atomic E-state index is 12.5. The lowest BCUT2D eigenvalue weighted by Crippen LogP contribution is -2.44. The highest BCUT2D eigenvalue weighted by Crippen LogP contribution is 2.31. The summed E-state index contributed by atoms with van der Waals surface area (Å²) in [6.07, 6.45) is -1.70. The predicted molar refractivity (Wildman–Crippen MR) is 138 cm³/mol. The lowest BCUT2D eigenvalue weighted by atomic mass is 10.2. The highest BCUT2D eigenvalue weighted by atomic mass is 79.9. The van der Waals surface area contributed by atoms with Crippen molar-refractivity contribution in [3.63, 3.8) is 0 Å². The molecule has 2 amide bonds. The van der Waals surface area contributed by atoms with E-state index in [1.165, 1.54) is 0 Å². The van der Waals surface area contributed by atoms with Gasteiger partial charge in [0.2, 0.25) is 0 Å². The molecule has 6 nitrogen and oxygen atoms in total. The second-order valence-electron chi connectivity index (χ2n) is 8.56. The summed E-state index contributed by atoms with van der Waals surface area (Å²) in [5, 5.41) is 0.806. The lowest BCUT2D eigenvalue weighted by Gasteiger charge is -2.29. The fourth-order valence-electron chi connectivity index (χ4n) is 2.05. The molecule has 0 saturated heterocycles. The van der Waals surface area contributed by atoms with Crippen LogP contribution in [-0.2, 0) is 9.47 Å². The summed E-state index contributed by atoms with van der Waals surface area (Å²) in [6, 6.07) is 10.2.